The molecule has 1 saturated heterocycles. The van der Waals surface area contributed by atoms with Gasteiger partial charge in [0.25, 0.3) is 0 Å². The fraction of sp³-hybridized carbons (Fsp3) is 0.571. The Morgan fingerprint density at radius 1 is 1.32 bits per heavy atom. The van der Waals surface area contributed by atoms with Crippen LogP contribution < -0.4 is 10.6 Å². The van der Waals surface area contributed by atoms with Crippen LogP contribution in [0.2, 0.25) is 0 Å². The molecule has 1 fully saturated rings. The van der Waals surface area contributed by atoms with Crippen molar-refractivity contribution < 1.29 is 5.11 Å². The van der Waals surface area contributed by atoms with Gasteiger partial charge in [0.1, 0.15) is 0 Å². The summed E-state index contributed by atoms with van der Waals surface area (Å²) in [5.41, 5.74) is 8.30. The minimum absolute atomic E-state index is 0.0461. The molecular weight excluding hydrogens is 306 g/mol. The van der Waals surface area contributed by atoms with Crippen molar-refractivity contribution in [1.29, 1.82) is 0 Å². The fourth-order valence-corrected chi connectivity index (χ4v) is 3.18. The summed E-state index contributed by atoms with van der Waals surface area (Å²) in [6.45, 7) is 7.04. The lowest BCUT2D eigenvalue weighted by molar-refractivity contribution is 0.189. The number of nitrogens with zero attached hydrogens (tertiary/aromatic N) is 2. The number of hydrogen-bond acceptors (Lipinski definition) is 4. The van der Waals surface area contributed by atoms with Gasteiger partial charge in [0.05, 0.1) is 6.61 Å². The topological polar surface area (TPSA) is 52.7 Å². The minimum Gasteiger partial charge on any atom is -0.395 e. The summed E-state index contributed by atoms with van der Waals surface area (Å²) >= 11 is 3.60. The van der Waals surface area contributed by atoms with E-state index in [0.717, 1.165) is 42.8 Å². The summed E-state index contributed by atoms with van der Waals surface area (Å²) in [5, 5.41) is 8.95. The first-order chi connectivity index (χ1) is 9.11. The Morgan fingerprint density at radius 3 is 2.53 bits per heavy atom. The Hall–Kier alpha value is -0.620. The summed E-state index contributed by atoms with van der Waals surface area (Å²) < 4.78 is 1.08. The molecule has 0 spiro atoms. The number of β-amino-alcohol motifs (C(OH)–C–C–N with tert-alkyl or cyclic N) is 1. The van der Waals surface area contributed by atoms with Crippen molar-refractivity contribution in [3.8, 4) is 0 Å². The molecule has 1 aromatic carbocycles. The summed E-state index contributed by atoms with van der Waals surface area (Å²) in [4.78, 5) is 4.67. The largest absolute Gasteiger partial charge is 0.395 e. The van der Waals surface area contributed by atoms with Gasteiger partial charge in [-0.15, -0.1) is 0 Å². The van der Waals surface area contributed by atoms with Crippen LogP contribution >= 0.6 is 15.9 Å². The molecule has 3 N–H and O–H groups in total. The van der Waals surface area contributed by atoms with Crippen molar-refractivity contribution in [3.63, 3.8) is 0 Å². The fourth-order valence-electron chi connectivity index (χ4n) is 2.45. The maximum atomic E-state index is 8.95. The highest BCUT2D eigenvalue weighted by Crippen LogP contribution is 2.27. The van der Waals surface area contributed by atoms with Crippen LogP contribution in [0.5, 0.6) is 0 Å². The molecule has 5 heteroatoms. The van der Waals surface area contributed by atoms with Crippen molar-refractivity contribution in [2.24, 2.45) is 5.73 Å². The number of benzene rings is 1. The number of nitrogens with two attached hydrogens (primary N) is 1. The van der Waals surface area contributed by atoms with Gasteiger partial charge in [-0.2, -0.15) is 0 Å². The minimum atomic E-state index is 0.0461. The van der Waals surface area contributed by atoms with Crippen LogP contribution in [0.4, 0.5) is 5.69 Å². The van der Waals surface area contributed by atoms with Gasteiger partial charge >= 0.3 is 0 Å². The highest BCUT2D eigenvalue weighted by atomic mass is 79.9. The number of hydrogen-bond donors (Lipinski definition) is 2. The Balaban J connectivity index is 2.02. The number of aliphatic hydroxyl groups is 1. The van der Waals surface area contributed by atoms with Crippen molar-refractivity contribution in [3.05, 3.63) is 28.2 Å². The lowest BCUT2D eigenvalue weighted by Gasteiger charge is -2.36. The molecule has 1 atom stereocenters. The van der Waals surface area contributed by atoms with Crippen LogP contribution in [0.3, 0.4) is 0 Å². The maximum Gasteiger partial charge on any atom is 0.0558 e. The van der Waals surface area contributed by atoms with Gasteiger partial charge in [-0.05, 0) is 24.6 Å². The van der Waals surface area contributed by atoms with Gasteiger partial charge in [0, 0.05) is 48.9 Å². The molecule has 0 radical (unpaired) electrons. The number of anilines is 1. The third-order valence-electron chi connectivity index (χ3n) is 3.63. The average molecular weight is 328 g/mol. The van der Waals surface area contributed by atoms with Crippen molar-refractivity contribution in [2.45, 2.75) is 13.0 Å². The molecule has 1 unspecified atom stereocenters. The molecule has 0 aromatic heterocycles. The molecule has 1 aliphatic rings. The van der Waals surface area contributed by atoms with E-state index in [-0.39, 0.29) is 12.6 Å². The number of halogens is 1. The smallest absolute Gasteiger partial charge is 0.0558 e. The number of rotatable bonds is 4. The van der Waals surface area contributed by atoms with Crippen molar-refractivity contribution >= 4 is 21.6 Å². The van der Waals surface area contributed by atoms with E-state index in [9.17, 15) is 0 Å². The normalized spacial score (nSPS) is 18.6. The standard InChI is InChI=1S/C14H22BrN3O/c1-11(16)13-3-2-12(10-14(13)15)18-6-4-17(5-7-18)8-9-19/h2-3,10-11,19H,4-9,16H2,1H3. The predicted molar refractivity (Wildman–Crippen MR) is 82.5 cm³/mol. The van der Waals surface area contributed by atoms with Gasteiger partial charge in [-0.25, -0.2) is 0 Å². The zero-order valence-electron chi connectivity index (χ0n) is 11.3. The second-order valence-corrected chi connectivity index (χ2v) is 5.90. The van der Waals surface area contributed by atoms with Crippen LogP contribution in [-0.2, 0) is 0 Å². The van der Waals surface area contributed by atoms with E-state index in [4.69, 9.17) is 10.8 Å². The zero-order valence-corrected chi connectivity index (χ0v) is 12.9. The van der Waals surface area contributed by atoms with E-state index >= 15 is 0 Å². The van der Waals surface area contributed by atoms with Crippen LogP contribution in [0.15, 0.2) is 22.7 Å². The van der Waals surface area contributed by atoms with Crippen LogP contribution in [-0.4, -0.2) is 49.3 Å². The molecular formula is C14H22BrN3O. The van der Waals surface area contributed by atoms with Gasteiger partial charge < -0.3 is 15.7 Å². The van der Waals surface area contributed by atoms with E-state index in [1.807, 2.05) is 6.92 Å². The molecule has 0 saturated carbocycles. The molecule has 0 bridgehead atoms. The summed E-state index contributed by atoms with van der Waals surface area (Å²) in [7, 11) is 0. The summed E-state index contributed by atoms with van der Waals surface area (Å²) in [6.07, 6.45) is 0. The molecule has 1 aromatic rings. The van der Waals surface area contributed by atoms with Crippen molar-refractivity contribution in [2.75, 3.05) is 44.2 Å². The molecule has 1 heterocycles. The van der Waals surface area contributed by atoms with E-state index in [1.165, 1.54) is 5.69 Å². The monoisotopic (exact) mass is 327 g/mol. The second kappa shape index (κ2) is 6.70. The Morgan fingerprint density at radius 2 is 2.00 bits per heavy atom. The van der Waals surface area contributed by atoms with Gasteiger partial charge in [0.2, 0.25) is 0 Å². The van der Waals surface area contributed by atoms with Gasteiger partial charge in [-0.3, -0.25) is 4.90 Å². The quantitative estimate of drug-likeness (QED) is 0.881. The first-order valence-corrected chi connectivity index (χ1v) is 7.54. The Bertz CT molecular complexity index is 417. The number of aliphatic hydroxyl groups excluding tert-OH is 1. The maximum absolute atomic E-state index is 8.95. The van der Waals surface area contributed by atoms with Crippen LogP contribution in [0, 0.1) is 0 Å². The van der Waals surface area contributed by atoms with Crippen LogP contribution in [0.1, 0.15) is 18.5 Å². The Labute approximate surface area is 123 Å². The lowest BCUT2D eigenvalue weighted by Crippen LogP contribution is -2.47. The molecule has 0 aliphatic carbocycles. The van der Waals surface area contributed by atoms with Gasteiger partial charge in [0.15, 0.2) is 0 Å². The van der Waals surface area contributed by atoms with E-state index in [1.54, 1.807) is 0 Å². The second-order valence-electron chi connectivity index (χ2n) is 5.05. The summed E-state index contributed by atoms with van der Waals surface area (Å²) in [6, 6.07) is 6.44. The summed E-state index contributed by atoms with van der Waals surface area (Å²) in [5.74, 6) is 0. The zero-order chi connectivity index (χ0) is 13.8. The molecule has 1 aliphatic heterocycles. The highest BCUT2D eigenvalue weighted by molar-refractivity contribution is 9.10. The molecule has 106 valence electrons. The van der Waals surface area contributed by atoms with Crippen molar-refractivity contribution in [1.82, 2.24) is 4.90 Å². The molecule has 2 rings (SSSR count). The first-order valence-electron chi connectivity index (χ1n) is 6.75. The van der Waals surface area contributed by atoms with E-state index < -0.39 is 0 Å². The average Bonchev–Trinajstić information content (AvgIpc) is 2.39. The highest BCUT2D eigenvalue weighted by Gasteiger charge is 2.17. The lowest BCUT2D eigenvalue weighted by atomic mass is 10.1. The SMILES string of the molecule is CC(N)c1ccc(N2CCN(CCO)CC2)cc1Br. The molecule has 0 amide bonds. The van der Waals surface area contributed by atoms with E-state index in [2.05, 4.69) is 43.9 Å². The Kier molecular flexibility index (Phi) is 5.21. The first kappa shape index (κ1) is 14.8. The molecule has 4 nitrogen and oxygen atoms in total. The third kappa shape index (κ3) is 3.69. The molecule has 19 heavy (non-hydrogen) atoms. The third-order valence-corrected chi connectivity index (χ3v) is 4.32. The van der Waals surface area contributed by atoms with Gasteiger partial charge in [-0.1, -0.05) is 22.0 Å². The van der Waals surface area contributed by atoms with E-state index in [0.29, 0.717) is 0 Å². The predicted octanol–water partition coefficient (Wildman–Crippen LogP) is 1.58. The van der Waals surface area contributed by atoms with Crippen LogP contribution in [0.25, 0.3) is 0 Å². The number of piperazine rings is 1.